The molecule has 0 bridgehead atoms. The van der Waals surface area contributed by atoms with E-state index < -0.39 is 0 Å². The molecule has 0 radical (unpaired) electrons. The Balaban J connectivity index is 1.93. The fraction of sp³-hybridized carbons (Fsp3) is 0.500. The zero-order valence-corrected chi connectivity index (χ0v) is 11.3. The number of urea groups is 1. The number of carbonyl (C=O) groups is 1. The van der Waals surface area contributed by atoms with Gasteiger partial charge in [0.25, 0.3) is 0 Å². The first-order valence-corrected chi connectivity index (χ1v) is 6.46. The number of amides is 2. The molecule has 2 amide bonds. The van der Waals surface area contributed by atoms with Crippen molar-refractivity contribution in [3.63, 3.8) is 0 Å². The van der Waals surface area contributed by atoms with Gasteiger partial charge in [-0.25, -0.2) is 4.79 Å². The lowest BCUT2D eigenvalue weighted by Crippen LogP contribution is -2.50. The van der Waals surface area contributed by atoms with Gasteiger partial charge in [-0.2, -0.15) is 0 Å². The molecule has 0 saturated carbocycles. The van der Waals surface area contributed by atoms with Gasteiger partial charge in [0.1, 0.15) is 12.4 Å². The molecule has 2 atom stereocenters. The van der Waals surface area contributed by atoms with Crippen molar-refractivity contribution in [3.05, 3.63) is 29.8 Å². The summed E-state index contributed by atoms with van der Waals surface area (Å²) < 4.78 is 5.62. The van der Waals surface area contributed by atoms with Crippen molar-refractivity contribution in [3.8, 4) is 5.75 Å². The van der Waals surface area contributed by atoms with Crippen molar-refractivity contribution in [2.45, 2.75) is 25.4 Å². The van der Waals surface area contributed by atoms with E-state index in [4.69, 9.17) is 9.84 Å². The Morgan fingerprint density at radius 3 is 3.05 bits per heavy atom. The van der Waals surface area contributed by atoms with Crippen molar-refractivity contribution in [2.24, 2.45) is 0 Å². The number of likely N-dealkylation sites (N-methyl/N-ethyl adjacent to an activating group) is 1. The molecule has 2 unspecified atom stereocenters. The number of benzene rings is 1. The quantitative estimate of drug-likeness (QED) is 0.856. The lowest BCUT2D eigenvalue weighted by Gasteiger charge is -2.29. The maximum Gasteiger partial charge on any atom is 0.317 e. The van der Waals surface area contributed by atoms with E-state index in [0.29, 0.717) is 6.61 Å². The lowest BCUT2D eigenvalue weighted by molar-refractivity contribution is 0.149. The van der Waals surface area contributed by atoms with Gasteiger partial charge in [-0.1, -0.05) is 18.2 Å². The van der Waals surface area contributed by atoms with E-state index in [1.165, 1.54) is 4.90 Å². The summed E-state index contributed by atoms with van der Waals surface area (Å²) in [5.41, 5.74) is 1.11. The maximum absolute atomic E-state index is 12.0. The molecule has 5 heteroatoms. The molecular weight excluding hydrogens is 244 g/mol. The molecular formula is C14H20N2O3. The highest BCUT2D eigenvalue weighted by molar-refractivity contribution is 5.74. The van der Waals surface area contributed by atoms with Crippen LogP contribution in [0.15, 0.2) is 24.3 Å². The zero-order valence-electron chi connectivity index (χ0n) is 11.3. The monoisotopic (exact) mass is 264 g/mol. The number of aliphatic hydroxyl groups excluding tert-OH is 1. The Morgan fingerprint density at radius 1 is 1.58 bits per heavy atom. The highest BCUT2D eigenvalue weighted by Crippen LogP contribution is 2.23. The van der Waals surface area contributed by atoms with Gasteiger partial charge in [0, 0.05) is 7.05 Å². The fourth-order valence-corrected chi connectivity index (χ4v) is 2.02. The number of nitrogens with one attached hydrogen (secondary N) is 1. The summed E-state index contributed by atoms with van der Waals surface area (Å²) in [6.45, 7) is 2.23. The predicted molar refractivity (Wildman–Crippen MR) is 72.3 cm³/mol. The van der Waals surface area contributed by atoms with Crippen molar-refractivity contribution in [1.29, 1.82) is 0 Å². The first-order valence-electron chi connectivity index (χ1n) is 6.46. The largest absolute Gasteiger partial charge is 0.491 e. The molecule has 1 aliphatic rings. The number of rotatable bonds is 3. The van der Waals surface area contributed by atoms with Crippen LogP contribution in [0.4, 0.5) is 4.79 Å². The minimum Gasteiger partial charge on any atom is -0.491 e. The van der Waals surface area contributed by atoms with Gasteiger partial charge >= 0.3 is 6.03 Å². The molecule has 0 fully saturated rings. The number of aliphatic hydroxyl groups is 1. The van der Waals surface area contributed by atoms with Crippen LogP contribution in [0.2, 0.25) is 0 Å². The third kappa shape index (κ3) is 3.17. The molecule has 5 nitrogen and oxygen atoms in total. The van der Waals surface area contributed by atoms with Crippen molar-refractivity contribution in [2.75, 3.05) is 20.3 Å². The molecule has 0 spiro atoms. The van der Waals surface area contributed by atoms with Crippen LogP contribution in [-0.4, -0.2) is 48.4 Å². The van der Waals surface area contributed by atoms with Gasteiger partial charge in [-0.3, -0.25) is 0 Å². The summed E-state index contributed by atoms with van der Waals surface area (Å²) in [5, 5.41) is 12.0. The third-order valence-electron chi connectivity index (χ3n) is 3.45. The molecule has 19 heavy (non-hydrogen) atoms. The van der Waals surface area contributed by atoms with Gasteiger partial charge in [-0.05, 0) is 25.0 Å². The summed E-state index contributed by atoms with van der Waals surface area (Å²) in [4.78, 5) is 13.5. The average Bonchev–Trinajstić information content (AvgIpc) is 2.45. The van der Waals surface area contributed by atoms with Gasteiger partial charge in [0.15, 0.2) is 0 Å². The smallest absolute Gasteiger partial charge is 0.317 e. The SMILES string of the molecule is CC(CO)N(C)C(=O)NC1COc2ccccc2C1. The number of para-hydroxylation sites is 1. The summed E-state index contributed by atoms with van der Waals surface area (Å²) in [7, 11) is 1.67. The third-order valence-corrected chi connectivity index (χ3v) is 3.45. The van der Waals surface area contributed by atoms with Gasteiger partial charge in [0.2, 0.25) is 0 Å². The first-order chi connectivity index (χ1) is 9.11. The van der Waals surface area contributed by atoms with Crippen LogP contribution in [0.5, 0.6) is 5.75 Å². The van der Waals surface area contributed by atoms with Crippen molar-refractivity contribution >= 4 is 6.03 Å². The molecule has 0 aromatic heterocycles. The number of nitrogens with zero attached hydrogens (tertiary/aromatic N) is 1. The van der Waals surface area contributed by atoms with E-state index in [-0.39, 0.29) is 24.7 Å². The zero-order chi connectivity index (χ0) is 13.8. The highest BCUT2D eigenvalue weighted by atomic mass is 16.5. The Bertz CT molecular complexity index is 450. The first kappa shape index (κ1) is 13.7. The molecule has 1 aliphatic heterocycles. The Morgan fingerprint density at radius 2 is 2.32 bits per heavy atom. The van der Waals surface area contributed by atoms with Crippen LogP contribution in [-0.2, 0) is 6.42 Å². The molecule has 1 aromatic rings. The van der Waals surface area contributed by atoms with Crippen LogP contribution < -0.4 is 10.1 Å². The molecule has 1 heterocycles. The normalized spacial score (nSPS) is 19.0. The van der Waals surface area contributed by atoms with Crippen LogP contribution in [0.25, 0.3) is 0 Å². The van der Waals surface area contributed by atoms with Gasteiger partial charge < -0.3 is 20.1 Å². The molecule has 104 valence electrons. The Hall–Kier alpha value is -1.75. The summed E-state index contributed by atoms with van der Waals surface area (Å²) in [6.07, 6.45) is 0.767. The second-order valence-corrected chi connectivity index (χ2v) is 4.91. The van der Waals surface area contributed by atoms with Crippen molar-refractivity contribution < 1.29 is 14.6 Å². The number of carbonyl (C=O) groups excluding carboxylic acids is 1. The molecule has 0 saturated heterocycles. The summed E-state index contributed by atoms with van der Waals surface area (Å²) in [5.74, 6) is 0.894. The minimum absolute atomic E-state index is 0.0317. The Kier molecular flexibility index (Phi) is 4.27. The fourth-order valence-electron chi connectivity index (χ4n) is 2.02. The molecule has 0 aliphatic carbocycles. The Labute approximate surface area is 113 Å². The summed E-state index contributed by atoms with van der Waals surface area (Å²) >= 11 is 0. The molecule has 2 N–H and O–H groups in total. The number of fused-ring (bicyclic) bond motifs is 1. The number of hydrogen-bond acceptors (Lipinski definition) is 3. The summed E-state index contributed by atoms with van der Waals surface area (Å²) in [6, 6.07) is 7.43. The topological polar surface area (TPSA) is 61.8 Å². The van der Waals surface area contributed by atoms with Gasteiger partial charge in [-0.15, -0.1) is 0 Å². The second-order valence-electron chi connectivity index (χ2n) is 4.91. The van der Waals surface area contributed by atoms with E-state index in [1.54, 1.807) is 14.0 Å². The van der Waals surface area contributed by atoms with Crippen LogP contribution in [0, 0.1) is 0 Å². The standard InChI is InChI=1S/C14H20N2O3/c1-10(8-17)16(2)14(18)15-12-7-11-5-3-4-6-13(11)19-9-12/h3-6,10,12,17H,7-9H2,1-2H3,(H,15,18). The van der Waals surface area contributed by atoms with E-state index in [0.717, 1.165) is 17.7 Å². The highest BCUT2D eigenvalue weighted by Gasteiger charge is 2.23. The van der Waals surface area contributed by atoms with Crippen LogP contribution >= 0.6 is 0 Å². The second kappa shape index (κ2) is 5.93. The van der Waals surface area contributed by atoms with Gasteiger partial charge in [0.05, 0.1) is 18.7 Å². The maximum atomic E-state index is 12.0. The molecule has 1 aromatic carbocycles. The number of hydrogen-bond donors (Lipinski definition) is 2. The average molecular weight is 264 g/mol. The predicted octanol–water partition coefficient (Wildman–Crippen LogP) is 1.01. The minimum atomic E-state index is -0.197. The molecule has 2 rings (SSSR count). The number of ether oxygens (including phenoxy) is 1. The van der Waals surface area contributed by atoms with Crippen molar-refractivity contribution in [1.82, 2.24) is 10.2 Å². The van der Waals surface area contributed by atoms with Crippen LogP contribution in [0.1, 0.15) is 12.5 Å². The van der Waals surface area contributed by atoms with E-state index >= 15 is 0 Å². The van der Waals surface area contributed by atoms with E-state index in [1.807, 2.05) is 24.3 Å². The van der Waals surface area contributed by atoms with E-state index in [2.05, 4.69) is 5.32 Å². The lowest BCUT2D eigenvalue weighted by atomic mass is 10.0. The van der Waals surface area contributed by atoms with Crippen LogP contribution in [0.3, 0.4) is 0 Å². The van der Waals surface area contributed by atoms with E-state index in [9.17, 15) is 4.79 Å².